The molecule has 3 nitrogen and oxygen atoms in total. The maximum absolute atomic E-state index is 14.8. The Balaban J connectivity index is 2.10. The first-order chi connectivity index (χ1) is 15.0. The summed E-state index contributed by atoms with van der Waals surface area (Å²) in [6.45, 7) is 1.06. The zero-order chi connectivity index (χ0) is 23.7. The second-order valence-electron chi connectivity index (χ2n) is 8.10. The van der Waals surface area contributed by atoms with Gasteiger partial charge in [-0.15, -0.1) is 11.8 Å². The number of rotatable bonds is 6. The van der Waals surface area contributed by atoms with Crippen molar-refractivity contribution in [1.29, 1.82) is 0 Å². The average Bonchev–Trinajstić information content (AvgIpc) is 2.73. The Morgan fingerprint density at radius 2 is 1.94 bits per heavy atom. The van der Waals surface area contributed by atoms with E-state index in [0.717, 1.165) is 48.6 Å². The number of hydrogen-bond acceptors (Lipinski definition) is 4. The fourth-order valence-corrected chi connectivity index (χ4v) is 5.13. The fourth-order valence-electron chi connectivity index (χ4n) is 4.47. The third kappa shape index (κ3) is 4.93. The van der Waals surface area contributed by atoms with Crippen molar-refractivity contribution >= 4 is 17.5 Å². The summed E-state index contributed by atoms with van der Waals surface area (Å²) < 4.78 is 73.9. The van der Waals surface area contributed by atoms with Crippen LogP contribution in [-0.2, 0) is 11.6 Å². The normalized spacial score (nSPS) is 19.8. The number of halogens is 5. The monoisotopic (exact) mass is 473 g/mol. The Morgan fingerprint density at radius 1 is 1.22 bits per heavy atom. The number of hydrogen-bond donors (Lipinski definition) is 0. The molecule has 0 bridgehead atoms. The largest absolute Gasteiger partial charge is 0.496 e. The molecule has 1 heterocycles. The summed E-state index contributed by atoms with van der Waals surface area (Å²) in [6, 6.07) is 4.89. The van der Waals surface area contributed by atoms with Gasteiger partial charge in [0.1, 0.15) is 17.4 Å². The van der Waals surface area contributed by atoms with Crippen molar-refractivity contribution in [3.63, 3.8) is 0 Å². The van der Waals surface area contributed by atoms with Crippen LogP contribution in [0.25, 0.3) is 0 Å². The number of benzene rings is 2. The van der Waals surface area contributed by atoms with Gasteiger partial charge in [0.05, 0.1) is 18.2 Å². The number of likely N-dealkylation sites (N-methyl/N-ethyl adjacent to an activating group) is 1. The SMILES string of the molecule is COc1cc(C(F)(F)F)cc(SC)c1C(=O)C[C@@]1(c2cc(F)ccc2F)CCCN(C)C1. The van der Waals surface area contributed by atoms with E-state index in [1.165, 1.54) is 7.11 Å². The summed E-state index contributed by atoms with van der Waals surface area (Å²) in [7, 11) is 3.04. The number of likely N-dealkylation sites (tertiary alicyclic amines) is 1. The Labute approximate surface area is 187 Å². The van der Waals surface area contributed by atoms with E-state index in [-0.39, 0.29) is 28.2 Å². The molecule has 1 fully saturated rings. The third-order valence-corrected chi connectivity index (χ3v) is 6.64. The predicted molar refractivity (Wildman–Crippen MR) is 113 cm³/mol. The van der Waals surface area contributed by atoms with Crippen LogP contribution in [0.15, 0.2) is 35.2 Å². The highest BCUT2D eigenvalue weighted by atomic mass is 32.2. The first kappa shape index (κ1) is 24.5. The number of ether oxygens (including phenoxy) is 1. The average molecular weight is 474 g/mol. The topological polar surface area (TPSA) is 29.5 Å². The van der Waals surface area contributed by atoms with Gasteiger partial charge in [0, 0.05) is 23.3 Å². The van der Waals surface area contributed by atoms with Crippen LogP contribution >= 0.6 is 11.8 Å². The van der Waals surface area contributed by atoms with E-state index in [1.54, 1.807) is 6.26 Å². The van der Waals surface area contributed by atoms with Crippen molar-refractivity contribution in [1.82, 2.24) is 4.90 Å². The molecule has 32 heavy (non-hydrogen) atoms. The van der Waals surface area contributed by atoms with E-state index in [9.17, 15) is 26.7 Å². The van der Waals surface area contributed by atoms with Crippen molar-refractivity contribution in [2.24, 2.45) is 0 Å². The van der Waals surface area contributed by atoms with E-state index in [1.807, 2.05) is 11.9 Å². The van der Waals surface area contributed by atoms with Crippen molar-refractivity contribution in [2.75, 3.05) is 33.5 Å². The molecule has 0 spiro atoms. The van der Waals surface area contributed by atoms with Crippen LogP contribution in [0.5, 0.6) is 5.75 Å². The van der Waals surface area contributed by atoms with Crippen molar-refractivity contribution in [3.8, 4) is 5.75 Å². The molecule has 1 aliphatic heterocycles. The smallest absolute Gasteiger partial charge is 0.416 e. The lowest BCUT2D eigenvalue weighted by atomic mass is 9.70. The van der Waals surface area contributed by atoms with E-state index in [2.05, 4.69) is 0 Å². The number of piperidine rings is 1. The van der Waals surface area contributed by atoms with Crippen LogP contribution in [0.3, 0.4) is 0 Å². The van der Waals surface area contributed by atoms with E-state index in [4.69, 9.17) is 4.74 Å². The van der Waals surface area contributed by atoms with E-state index < -0.39 is 34.6 Å². The minimum absolute atomic E-state index is 0.0254. The molecule has 1 saturated heterocycles. The maximum atomic E-state index is 14.8. The highest BCUT2D eigenvalue weighted by molar-refractivity contribution is 7.98. The van der Waals surface area contributed by atoms with Gasteiger partial charge in [-0.05, 0) is 68.6 Å². The molecule has 0 amide bonds. The summed E-state index contributed by atoms with van der Waals surface area (Å²) in [4.78, 5) is 15.6. The molecule has 9 heteroatoms. The summed E-state index contributed by atoms with van der Waals surface area (Å²) in [5.41, 5.74) is -1.80. The van der Waals surface area contributed by atoms with Gasteiger partial charge in [0.15, 0.2) is 5.78 Å². The third-order valence-electron chi connectivity index (χ3n) is 5.88. The molecule has 0 unspecified atom stereocenters. The molecule has 2 aromatic carbocycles. The first-order valence-electron chi connectivity index (χ1n) is 10.0. The van der Waals surface area contributed by atoms with Crippen LogP contribution in [0, 0.1) is 11.6 Å². The van der Waals surface area contributed by atoms with E-state index >= 15 is 0 Å². The quantitative estimate of drug-likeness (QED) is 0.295. The molecule has 0 radical (unpaired) electrons. The Hall–Kier alpha value is -2.13. The minimum Gasteiger partial charge on any atom is -0.496 e. The molecule has 0 saturated carbocycles. The van der Waals surface area contributed by atoms with Crippen molar-refractivity contribution in [3.05, 3.63) is 58.7 Å². The zero-order valence-corrected chi connectivity index (χ0v) is 18.8. The summed E-state index contributed by atoms with van der Waals surface area (Å²) in [6.07, 6.45) is -2.10. The van der Waals surface area contributed by atoms with Crippen LogP contribution in [0.1, 0.15) is 40.7 Å². The molecule has 0 aliphatic carbocycles. The minimum atomic E-state index is -4.60. The molecule has 1 atom stereocenters. The van der Waals surface area contributed by atoms with E-state index in [0.29, 0.717) is 19.4 Å². The van der Waals surface area contributed by atoms with Gasteiger partial charge in [-0.1, -0.05) is 0 Å². The fraction of sp³-hybridized carbons (Fsp3) is 0.435. The number of ketones is 1. The maximum Gasteiger partial charge on any atom is 0.416 e. The number of Topliss-reactive ketones (excluding diaryl/α,β-unsaturated/α-hetero) is 1. The molecule has 2 aromatic rings. The van der Waals surface area contributed by atoms with Gasteiger partial charge in [-0.25, -0.2) is 8.78 Å². The number of alkyl halides is 3. The Bertz CT molecular complexity index is 985. The summed E-state index contributed by atoms with van der Waals surface area (Å²) in [5.74, 6) is -1.88. The number of nitrogens with zero attached hydrogens (tertiary/aromatic N) is 1. The lowest BCUT2D eigenvalue weighted by Crippen LogP contribution is -2.46. The summed E-state index contributed by atoms with van der Waals surface area (Å²) in [5, 5.41) is 0. The molecule has 0 aromatic heterocycles. The lowest BCUT2D eigenvalue weighted by molar-refractivity contribution is -0.137. The van der Waals surface area contributed by atoms with Crippen molar-refractivity contribution < 1.29 is 31.5 Å². The van der Waals surface area contributed by atoms with Gasteiger partial charge in [0.25, 0.3) is 0 Å². The summed E-state index contributed by atoms with van der Waals surface area (Å²) >= 11 is 1.00. The standard InChI is InChI=1S/C23H24F5NO2S/c1-29-8-4-7-22(13-29,16-11-15(24)5-6-17(16)25)12-18(30)21-19(31-2)9-14(23(26,27)28)10-20(21)32-3/h5-6,9-11H,4,7-8,12-13H2,1-3H3/t22-/m0/s1. The van der Waals surface area contributed by atoms with Crippen LogP contribution in [0.4, 0.5) is 22.0 Å². The number of thioether (sulfide) groups is 1. The van der Waals surface area contributed by atoms with Gasteiger partial charge in [0.2, 0.25) is 0 Å². The van der Waals surface area contributed by atoms with Crippen molar-refractivity contribution in [2.45, 2.75) is 35.7 Å². The molecular formula is C23H24F5NO2S. The number of carbonyl (C=O) groups excluding carboxylic acids is 1. The van der Waals surface area contributed by atoms with Crippen LogP contribution in [-0.4, -0.2) is 44.2 Å². The second-order valence-corrected chi connectivity index (χ2v) is 8.95. The zero-order valence-electron chi connectivity index (χ0n) is 18.0. The highest BCUT2D eigenvalue weighted by Gasteiger charge is 2.42. The van der Waals surface area contributed by atoms with Crippen LogP contribution in [0.2, 0.25) is 0 Å². The molecule has 1 aliphatic rings. The lowest BCUT2D eigenvalue weighted by Gasteiger charge is -2.42. The first-order valence-corrected chi connectivity index (χ1v) is 11.2. The molecule has 174 valence electrons. The van der Waals surface area contributed by atoms with Gasteiger partial charge in [-0.2, -0.15) is 13.2 Å². The van der Waals surface area contributed by atoms with Crippen LogP contribution < -0.4 is 4.74 Å². The number of methoxy groups -OCH3 is 1. The highest BCUT2D eigenvalue weighted by Crippen LogP contribution is 2.43. The number of carbonyl (C=O) groups is 1. The Morgan fingerprint density at radius 3 is 2.53 bits per heavy atom. The predicted octanol–water partition coefficient (Wildman–Crippen LogP) is 5.95. The molecule has 0 N–H and O–H groups in total. The van der Waals surface area contributed by atoms with Gasteiger partial charge in [-0.3, -0.25) is 4.79 Å². The Kier molecular flexibility index (Phi) is 7.19. The van der Waals surface area contributed by atoms with Gasteiger partial charge >= 0.3 is 6.18 Å². The second kappa shape index (κ2) is 9.39. The molecule has 3 rings (SSSR count). The molecular weight excluding hydrogens is 449 g/mol. The van der Waals surface area contributed by atoms with Gasteiger partial charge < -0.3 is 9.64 Å².